The van der Waals surface area contributed by atoms with Gasteiger partial charge in [0.25, 0.3) is 5.91 Å². The van der Waals surface area contributed by atoms with Crippen molar-refractivity contribution in [1.29, 1.82) is 0 Å². The van der Waals surface area contributed by atoms with E-state index < -0.39 is 24.1 Å². The highest BCUT2D eigenvalue weighted by molar-refractivity contribution is 6.40. The number of hydrogen-bond acceptors (Lipinski definition) is 5. The van der Waals surface area contributed by atoms with Gasteiger partial charge in [-0.15, -0.1) is 0 Å². The lowest BCUT2D eigenvalue weighted by Gasteiger charge is -2.19. The number of amides is 2. The van der Waals surface area contributed by atoms with E-state index in [0.29, 0.717) is 32.3 Å². The maximum Gasteiger partial charge on any atom is 0.422 e. The summed E-state index contributed by atoms with van der Waals surface area (Å²) in [7, 11) is 0. The van der Waals surface area contributed by atoms with Gasteiger partial charge < -0.3 is 9.47 Å². The van der Waals surface area contributed by atoms with Crippen LogP contribution in [-0.2, 0) is 14.3 Å². The number of halogens is 4. The molecular weight excluding hydrogens is 632 g/mol. The number of anilines is 1. The number of benzene rings is 2. The van der Waals surface area contributed by atoms with E-state index in [9.17, 15) is 14.4 Å². The maximum atomic E-state index is 13.5. The molecule has 43 heavy (non-hydrogen) atoms. The number of rotatable bonds is 16. The third kappa shape index (κ3) is 8.81. The van der Waals surface area contributed by atoms with Gasteiger partial charge in [-0.25, -0.2) is 14.5 Å². The Hall–Kier alpha value is -1.99. The van der Waals surface area contributed by atoms with Gasteiger partial charge in [0.05, 0.1) is 27.9 Å². The normalized spacial score (nSPS) is 14.9. The zero-order chi connectivity index (χ0) is 31.7. The summed E-state index contributed by atoms with van der Waals surface area (Å²) in [5.74, 6) is -1.35. The predicted octanol–water partition coefficient (Wildman–Crippen LogP) is 11.3. The fourth-order valence-electron chi connectivity index (χ4n) is 5.43. The Morgan fingerprint density at radius 3 is 1.81 bits per heavy atom. The number of unbranched alkanes of at least 4 members (excludes halogenated alkanes) is 11. The standard InChI is InChI=1S/C33H41Cl4NO5/c1-5-6-7-8-9-10-11-12-13-14-15-16-17-42-32(40)23-18-26(25(35)19-24(23)34)38-31(39)30(43-33(38)41)27-20(2)28(36)22(4)29(37)21(27)3/h18-19,30H,5-17H2,1-4H3. The number of hydrogen-bond donors (Lipinski definition) is 0. The first-order chi connectivity index (χ1) is 20.5. The van der Waals surface area contributed by atoms with Crippen LogP contribution in [0, 0.1) is 20.8 Å². The van der Waals surface area contributed by atoms with Crippen LogP contribution in [0.4, 0.5) is 10.5 Å². The van der Waals surface area contributed by atoms with Crippen LogP contribution >= 0.6 is 46.4 Å². The van der Waals surface area contributed by atoms with Crippen LogP contribution in [-0.4, -0.2) is 24.6 Å². The average molecular weight is 674 g/mol. The summed E-state index contributed by atoms with van der Waals surface area (Å²) in [6.45, 7) is 7.72. The van der Waals surface area contributed by atoms with Gasteiger partial charge >= 0.3 is 12.1 Å². The third-order valence-corrected chi connectivity index (χ3v) is 9.71. The van der Waals surface area contributed by atoms with E-state index in [2.05, 4.69) is 6.92 Å². The number of carbonyl (C=O) groups is 3. The Balaban J connectivity index is 1.58. The molecule has 1 heterocycles. The van der Waals surface area contributed by atoms with Crippen LogP contribution in [0.5, 0.6) is 0 Å². The smallest absolute Gasteiger partial charge is 0.422 e. The lowest BCUT2D eigenvalue weighted by molar-refractivity contribution is -0.122. The fraction of sp³-hybridized carbons (Fsp3) is 0.545. The second-order valence-electron chi connectivity index (χ2n) is 11.2. The van der Waals surface area contributed by atoms with Crippen LogP contribution in [0.3, 0.4) is 0 Å². The maximum absolute atomic E-state index is 13.5. The SMILES string of the molecule is CCCCCCCCCCCCCCOC(=O)c1cc(N2C(=O)OC(c3c(C)c(Cl)c(C)c(Cl)c3C)C2=O)c(Cl)cc1Cl. The zero-order valence-corrected chi connectivity index (χ0v) is 28.4. The molecule has 0 saturated carbocycles. The molecule has 1 unspecified atom stereocenters. The highest BCUT2D eigenvalue weighted by Crippen LogP contribution is 2.43. The minimum absolute atomic E-state index is 0.00174. The van der Waals surface area contributed by atoms with Crippen molar-refractivity contribution in [3.05, 3.63) is 60.0 Å². The van der Waals surface area contributed by atoms with Crippen LogP contribution in [0.2, 0.25) is 20.1 Å². The van der Waals surface area contributed by atoms with Crippen molar-refractivity contribution < 1.29 is 23.9 Å². The van der Waals surface area contributed by atoms with E-state index in [0.717, 1.165) is 24.2 Å². The molecule has 2 aromatic carbocycles. The molecule has 0 radical (unpaired) electrons. The molecule has 10 heteroatoms. The molecule has 6 nitrogen and oxygen atoms in total. The van der Waals surface area contributed by atoms with Gasteiger partial charge in [-0.2, -0.15) is 0 Å². The van der Waals surface area contributed by atoms with Crippen LogP contribution in [0.1, 0.15) is 123 Å². The largest absolute Gasteiger partial charge is 0.462 e. The molecule has 236 valence electrons. The number of nitrogens with zero attached hydrogens (tertiary/aromatic N) is 1. The molecule has 1 atom stereocenters. The predicted molar refractivity (Wildman–Crippen MR) is 175 cm³/mol. The van der Waals surface area contributed by atoms with Crippen molar-refractivity contribution in [2.24, 2.45) is 0 Å². The summed E-state index contributed by atoms with van der Waals surface area (Å²) < 4.78 is 10.9. The molecular formula is C33H41Cl4NO5. The van der Waals surface area contributed by atoms with Crippen LogP contribution in [0.25, 0.3) is 0 Å². The Bertz CT molecular complexity index is 1300. The number of ether oxygens (including phenoxy) is 2. The zero-order valence-electron chi connectivity index (χ0n) is 25.4. The summed E-state index contributed by atoms with van der Waals surface area (Å²) in [6, 6.07) is 2.59. The van der Waals surface area contributed by atoms with E-state index >= 15 is 0 Å². The first kappa shape index (κ1) is 35.5. The molecule has 1 fully saturated rings. The van der Waals surface area contributed by atoms with Crippen molar-refractivity contribution in [3.63, 3.8) is 0 Å². The van der Waals surface area contributed by atoms with E-state index in [-0.39, 0.29) is 27.9 Å². The minimum atomic E-state index is -1.28. The first-order valence-corrected chi connectivity index (χ1v) is 16.7. The number of esters is 1. The van der Waals surface area contributed by atoms with Crippen molar-refractivity contribution in [2.75, 3.05) is 11.5 Å². The second-order valence-corrected chi connectivity index (χ2v) is 12.7. The molecule has 1 aliphatic rings. The molecule has 3 rings (SSSR count). The van der Waals surface area contributed by atoms with Gasteiger partial charge in [-0.3, -0.25) is 4.79 Å². The third-order valence-electron chi connectivity index (χ3n) is 7.96. The summed E-state index contributed by atoms with van der Waals surface area (Å²) in [5, 5.41) is 0.821. The minimum Gasteiger partial charge on any atom is -0.462 e. The molecule has 2 amide bonds. The Morgan fingerprint density at radius 2 is 1.28 bits per heavy atom. The molecule has 0 spiro atoms. The van der Waals surface area contributed by atoms with Gasteiger partial charge in [0.15, 0.2) is 0 Å². The Morgan fingerprint density at radius 1 is 0.767 bits per heavy atom. The number of cyclic esters (lactones) is 1. The molecule has 0 bridgehead atoms. The first-order valence-electron chi connectivity index (χ1n) is 15.2. The van der Waals surface area contributed by atoms with Crippen LogP contribution in [0.15, 0.2) is 12.1 Å². The molecule has 2 aromatic rings. The van der Waals surface area contributed by atoms with Gasteiger partial charge in [0.2, 0.25) is 6.10 Å². The van der Waals surface area contributed by atoms with Gasteiger partial charge in [0, 0.05) is 15.6 Å². The molecule has 1 aliphatic heterocycles. The number of imide groups is 1. The van der Waals surface area contributed by atoms with Crippen LogP contribution < -0.4 is 4.90 Å². The monoisotopic (exact) mass is 671 g/mol. The van der Waals surface area contributed by atoms with Crippen molar-refractivity contribution >= 4 is 70.1 Å². The van der Waals surface area contributed by atoms with E-state index in [1.807, 2.05) is 0 Å². The number of carbonyl (C=O) groups excluding carboxylic acids is 3. The molecule has 0 aliphatic carbocycles. The summed E-state index contributed by atoms with van der Waals surface area (Å²) in [4.78, 5) is 40.2. The summed E-state index contributed by atoms with van der Waals surface area (Å²) in [5.41, 5.74) is 2.21. The fourth-order valence-corrected chi connectivity index (χ4v) is 6.42. The van der Waals surface area contributed by atoms with Crippen molar-refractivity contribution in [2.45, 2.75) is 111 Å². The molecule has 0 N–H and O–H groups in total. The average Bonchev–Trinajstić information content (AvgIpc) is 3.26. The lowest BCUT2D eigenvalue weighted by Crippen LogP contribution is -2.30. The Labute approximate surface area is 275 Å². The van der Waals surface area contributed by atoms with E-state index in [4.69, 9.17) is 55.9 Å². The van der Waals surface area contributed by atoms with Crippen molar-refractivity contribution in [1.82, 2.24) is 0 Å². The Kier molecular flexibility index (Phi) is 14.0. The highest BCUT2D eigenvalue weighted by Gasteiger charge is 2.45. The van der Waals surface area contributed by atoms with Gasteiger partial charge in [-0.1, -0.05) is 124 Å². The van der Waals surface area contributed by atoms with E-state index in [1.54, 1.807) is 20.8 Å². The van der Waals surface area contributed by atoms with Gasteiger partial charge in [-0.05, 0) is 56.0 Å². The lowest BCUT2D eigenvalue weighted by atomic mass is 9.94. The highest BCUT2D eigenvalue weighted by atomic mass is 35.5. The van der Waals surface area contributed by atoms with Crippen molar-refractivity contribution in [3.8, 4) is 0 Å². The molecule has 1 saturated heterocycles. The topological polar surface area (TPSA) is 72.9 Å². The van der Waals surface area contributed by atoms with Gasteiger partial charge in [0.1, 0.15) is 0 Å². The van der Waals surface area contributed by atoms with E-state index in [1.165, 1.54) is 69.9 Å². The summed E-state index contributed by atoms with van der Waals surface area (Å²) in [6.07, 6.45) is 12.2. The quantitative estimate of drug-likeness (QED) is 0.131. The second kappa shape index (κ2) is 16.9. The summed E-state index contributed by atoms with van der Waals surface area (Å²) >= 11 is 25.6. The molecule has 0 aromatic heterocycles.